The number of phenolic OH excluding ortho intramolecular Hbond substituents is 2. The van der Waals surface area contributed by atoms with E-state index in [4.69, 9.17) is 18.6 Å². The van der Waals surface area contributed by atoms with Gasteiger partial charge in [-0.05, 0) is 46.6 Å². The van der Waals surface area contributed by atoms with Crippen LogP contribution >= 0.6 is 0 Å². The van der Waals surface area contributed by atoms with Crippen LogP contribution in [0.25, 0.3) is 22.1 Å². The third-order valence-electron chi connectivity index (χ3n) is 5.78. The summed E-state index contributed by atoms with van der Waals surface area (Å²) >= 11 is 0. The molecule has 0 spiro atoms. The van der Waals surface area contributed by atoms with Gasteiger partial charge in [0.05, 0.1) is 12.7 Å². The Kier molecular flexibility index (Phi) is 6.28. The Balaban J connectivity index is 2.02. The van der Waals surface area contributed by atoms with Crippen LogP contribution in [0.15, 0.2) is 50.9 Å². The average molecular weight is 465 g/mol. The van der Waals surface area contributed by atoms with Crippen LogP contribution in [0.5, 0.6) is 28.7 Å². The number of aromatic hydroxyl groups is 2. The second-order valence-corrected chi connectivity index (χ2v) is 8.71. The molecule has 0 saturated carbocycles. The SMILES string of the molecule is COc1cc2c(cc1-c1coc3c(CC=C(C)C)c(O)c(CC=C(C)C)c(O)c3c1=O)OCO2. The van der Waals surface area contributed by atoms with E-state index in [0.717, 1.165) is 11.1 Å². The summed E-state index contributed by atoms with van der Waals surface area (Å²) < 4.78 is 22.3. The van der Waals surface area contributed by atoms with Crippen molar-refractivity contribution in [3.8, 4) is 39.9 Å². The van der Waals surface area contributed by atoms with Crippen molar-refractivity contribution >= 4 is 11.0 Å². The standard InChI is InChI=1S/C27H28O7/c1-14(2)6-8-16-24(28)17(9-7-15(3)4)27-23(25(16)29)26(30)19(12-32-27)18-10-21-22(34-13-33-21)11-20(18)31-5/h6-7,10-12,28-29H,8-9,13H2,1-5H3. The molecule has 7 nitrogen and oxygen atoms in total. The van der Waals surface area contributed by atoms with Crippen molar-refractivity contribution in [2.45, 2.75) is 40.5 Å². The minimum atomic E-state index is -0.437. The molecule has 1 aromatic heterocycles. The number of rotatable bonds is 6. The van der Waals surface area contributed by atoms with Gasteiger partial charge in [-0.25, -0.2) is 0 Å². The molecule has 0 atom stereocenters. The van der Waals surface area contributed by atoms with Gasteiger partial charge in [-0.2, -0.15) is 0 Å². The van der Waals surface area contributed by atoms with Gasteiger partial charge >= 0.3 is 0 Å². The molecule has 0 fully saturated rings. The van der Waals surface area contributed by atoms with Crippen LogP contribution in [0.3, 0.4) is 0 Å². The number of phenols is 2. The van der Waals surface area contributed by atoms with Gasteiger partial charge < -0.3 is 28.8 Å². The Hall–Kier alpha value is -3.87. The first-order chi connectivity index (χ1) is 16.2. The maximum atomic E-state index is 13.7. The Morgan fingerprint density at radius 2 is 1.56 bits per heavy atom. The van der Waals surface area contributed by atoms with Gasteiger partial charge in [-0.15, -0.1) is 0 Å². The summed E-state index contributed by atoms with van der Waals surface area (Å²) in [4.78, 5) is 13.7. The third-order valence-corrected chi connectivity index (χ3v) is 5.78. The largest absolute Gasteiger partial charge is 0.507 e. The van der Waals surface area contributed by atoms with Crippen LogP contribution < -0.4 is 19.6 Å². The number of allylic oxidation sites excluding steroid dienone is 4. The Morgan fingerprint density at radius 3 is 2.18 bits per heavy atom. The highest BCUT2D eigenvalue weighted by Crippen LogP contribution is 2.44. The van der Waals surface area contributed by atoms with Crippen molar-refractivity contribution < 1.29 is 28.8 Å². The molecule has 2 N–H and O–H groups in total. The molecule has 3 aromatic rings. The van der Waals surface area contributed by atoms with Crippen molar-refractivity contribution in [2.75, 3.05) is 13.9 Å². The van der Waals surface area contributed by atoms with Gasteiger partial charge in [-0.1, -0.05) is 23.3 Å². The Morgan fingerprint density at radius 1 is 0.941 bits per heavy atom. The predicted molar refractivity (Wildman–Crippen MR) is 130 cm³/mol. The van der Waals surface area contributed by atoms with Gasteiger partial charge in [0.2, 0.25) is 12.2 Å². The zero-order valence-electron chi connectivity index (χ0n) is 19.9. The molecule has 7 heteroatoms. The molecule has 0 unspecified atom stereocenters. The molecule has 0 saturated heterocycles. The first kappa shape index (κ1) is 23.3. The van der Waals surface area contributed by atoms with Crippen molar-refractivity contribution in [2.24, 2.45) is 0 Å². The van der Waals surface area contributed by atoms with Crippen molar-refractivity contribution in [3.63, 3.8) is 0 Å². The Labute approximate surface area is 197 Å². The lowest BCUT2D eigenvalue weighted by molar-refractivity contribution is 0.174. The maximum Gasteiger partial charge on any atom is 0.231 e. The predicted octanol–water partition coefficient (Wildman–Crippen LogP) is 5.63. The number of methoxy groups -OCH3 is 1. The van der Waals surface area contributed by atoms with Crippen LogP contribution in [0.4, 0.5) is 0 Å². The number of hydrogen-bond acceptors (Lipinski definition) is 7. The molecule has 34 heavy (non-hydrogen) atoms. The lowest BCUT2D eigenvalue weighted by Gasteiger charge is -2.15. The fourth-order valence-electron chi connectivity index (χ4n) is 3.94. The number of fused-ring (bicyclic) bond motifs is 2. The highest BCUT2D eigenvalue weighted by molar-refractivity contribution is 5.93. The van der Waals surface area contributed by atoms with Gasteiger partial charge in [-0.3, -0.25) is 4.79 Å². The van der Waals surface area contributed by atoms with E-state index in [-0.39, 0.29) is 46.8 Å². The second kappa shape index (κ2) is 9.17. The molecule has 0 radical (unpaired) electrons. The number of hydrogen-bond donors (Lipinski definition) is 2. The summed E-state index contributed by atoms with van der Waals surface area (Å²) in [6.45, 7) is 7.83. The summed E-state index contributed by atoms with van der Waals surface area (Å²) in [5.74, 6) is 1.05. The smallest absolute Gasteiger partial charge is 0.231 e. The molecule has 4 rings (SSSR count). The molecule has 0 amide bonds. The number of ether oxygens (including phenoxy) is 3. The van der Waals surface area contributed by atoms with Crippen LogP contribution in [0, 0.1) is 0 Å². The third kappa shape index (κ3) is 4.09. The lowest BCUT2D eigenvalue weighted by atomic mass is 9.95. The maximum absolute atomic E-state index is 13.7. The summed E-state index contributed by atoms with van der Waals surface area (Å²) in [5.41, 5.74) is 3.18. The first-order valence-corrected chi connectivity index (χ1v) is 11.0. The minimum Gasteiger partial charge on any atom is -0.507 e. The fraction of sp³-hybridized carbons (Fsp3) is 0.296. The molecule has 1 aliphatic rings. The van der Waals surface area contributed by atoms with E-state index in [9.17, 15) is 15.0 Å². The van der Waals surface area contributed by atoms with E-state index in [1.807, 2.05) is 39.8 Å². The van der Waals surface area contributed by atoms with E-state index >= 15 is 0 Å². The normalized spacial score (nSPS) is 12.0. The monoisotopic (exact) mass is 464 g/mol. The van der Waals surface area contributed by atoms with E-state index in [2.05, 4.69) is 0 Å². The van der Waals surface area contributed by atoms with E-state index in [1.165, 1.54) is 13.4 Å². The molecule has 0 aliphatic carbocycles. The molecule has 2 heterocycles. The first-order valence-electron chi connectivity index (χ1n) is 11.0. The van der Waals surface area contributed by atoms with Crippen LogP contribution in [-0.4, -0.2) is 24.1 Å². The summed E-state index contributed by atoms with van der Waals surface area (Å²) in [6.07, 6.45) is 5.77. The van der Waals surface area contributed by atoms with Gasteiger partial charge in [0.25, 0.3) is 0 Å². The molecule has 0 bridgehead atoms. The molecular weight excluding hydrogens is 436 g/mol. The lowest BCUT2D eigenvalue weighted by Crippen LogP contribution is -2.08. The van der Waals surface area contributed by atoms with Gasteiger partial charge in [0.1, 0.15) is 34.5 Å². The minimum absolute atomic E-state index is 0.0179. The summed E-state index contributed by atoms with van der Waals surface area (Å²) in [6, 6.07) is 3.31. The van der Waals surface area contributed by atoms with E-state index < -0.39 is 5.43 Å². The second-order valence-electron chi connectivity index (χ2n) is 8.71. The zero-order chi connectivity index (χ0) is 24.6. The van der Waals surface area contributed by atoms with Gasteiger partial charge in [0.15, 0.2) is 11.5 Å². The van der Waals surface area contributed by atoms with Crippen LogP contribution in [0.2, 0.25) is 0 Å². The van der Waals surface area contributed by atoms with E-state index in [0.29, 0.717) is 34.8 Å². The average Bonchev–Trinajstić information content (AvgIpc) is 3.25. The van der Waals surface area contributed by atoms with Crippen molar-refractivity contribution in [1.82, 2.24) is 0 Å². The molecule has 1 aliphatic heterocycles. The van der Waals surface area contributed by atoms with Crippen molar-refractivity contribution in [3.05, 3.63) is 63.0 Å². The number of benzene rings is 2. The zero-order valence-corrected chi connectivity index (χ0v) is 19.9. The van der Waals surface area contributed by atoms with Gasteiger partial charge in [0, 0.05) is 22.8 Å². The fourth-order valence-corrected chi connectivity index (χ4v) is 3.94. The highest BCUT2D eigenvalue weighted by atomic mass is 16.7. The molecule has 178 valence electrons. The molecule has 2 aromatic carbocycles. The highest BCUT2D eigenvalue weighted by Gasteiger charge is 2.26. The molecular formula is C27H28O7. The van der Waals surface area contributed by atoms with Crippen LogP contribution in [-0.2, 0) is 12.8 Å². The Bertz CT molecular complexity index is 1380. The summed E-state index contributed by atoms with van der Waals surface area (Å²) in [5, 5.41) is 22.2. The summed E-state index contributed by atoms with van der Waals surface area (Å²) in [7, 11) is 1.49. The quantitative estimate of drug-likeness (QED) is 0.457. The van der Waals surface area contributed by atoms with E-state index in [1.54, 1.807) is 12.1 Å². The van der Waals surface area contributed by atoms with Crippen LogP contribution in [0.1, 0.15) is 38.8 Å². The topological polar surface area (TPSA) is 98.4 Å². The van der Waals surface area contributed by atoms with Crippen molar-refractivity contribution in [1.29, 1.82) is 0 Å².